The summed E-state index contributed by atoms with van der Waals surface area (Å²) in [6.45, 7) is 4.85. The van der Waals surface area contributed by atoms with Crippen molar-refractivity contribution in [3.8, 4) is 0 Å². The van der Waals surface area contributed by atoms with Crippen molar-refractivity contribution in [2.75, 3.05) is 13.1 Å². The van der Waals surface area contributed by atoms with Crippen LogP contribution in [0.3, 0.4) is 0 Å². The van der Waals surface area contributed by atoms with Crippen molar-refractivity contribution in [1.29, 1.82) is 0 Å². The summed E-state index contributed by atoms with van der Waals surface area (Å²) in [7, 11) is 0. The molecule has 1 atom stereocenters. The third kappa shape index (κ3) is 2.17. The molecule has 2 heteroatoms. The molecule has 0 amide bonds. The molecule has 1 aliphatic carbocycles. The maximum absolute atomic E-state index is 11.1. The van der Waals surface area contributed by atoms with Gasteiger partial charge in [-0.1, -0.05) is 13.3 Å². The minimum atomic E-state index is 0.479. The van der Waals surface area contributed by atoms with E-state index >= 15 is 0 Å². The van der Waals surface area contributed by atoms with E-state index in [4.69, 9.17) is 0 Å². The lowest BCUT2D eigenvalue weighted by Crippen LogP contribution is -2.36. The lowest BCUT2D eigenvalue weighted by molar-refractivity contribution is -0.121. The number of hydrogen-bond acceptors (Lipinski definition) is 2. The number of hydrogen-bond donors (Lipinski definition) is 0. The molecule has 0 spiro atoms. The molecule has 2 aliphatic rings. The van der Waals surface area contributed by atoms with Crippen LogP contribution in [-0.2, 0) is 4.79 Å². The summed E-state index contributed by atoms with van der Waals surface area (Å²) < 4.78 is 0. The highest BCUT2D eigenvalue weighted by Crippen LogP contribution is 2.27. The van der Waals surface area contributed by atoms with Crippen LogP contribution in [0.5, 0.6) is 0 Å². The Balaban J connectivity index is 1.82. The van der Waals surface area contributed by atoms with Crippen molar-refractivity contribution in [3.05, 3.63) is 0 Å². The summed E-state index contributed by atoms with van der Waals surface area (Å²) in [4.78, 5) is 13.8. The third-order valence-electron chi connectivity index (χ3n) is 3.92. The Bertz CT molecular complexity index is 204. The highest BCUT2D eigenvalue weighted by atomic mass is 16.1. The first-order chi connectivity index (χ1) is 6.79. The molecule has 2 rings (SSSR count). The molecule has 0 bridgehead atoms. The van der Waals surface area contributed by atoms with Gasteiger partial charge in [-0.15, -0.1) is 0 Å². The van der Waals surface area contributed by atoms with E-state index in [0.717, 1.165) is 37.6 Å². The summed E-state index contributed by atoms with van der Waals surface area (Å²) in [5.74, 6) is 1.40. The summed E-state index contributed by atoms with van der Waals surface area (Å²) in [6, 6.07) is 0.726. The van der Waals surface area contributed by atoms with Crippen LogP contribution in [0.1, 0.15) is 45.4 Å². The fourth-order valence-corrected chi connectivity index (χ4v) is 2.82. The van der Waals surface area contributed by atoms with Crippen LogP contribution in [0.4, 0.5) is 0 Å². The van der Waals surface area contributed by atoms with Gasteiger partial charge in [-0.2, -0.15) is 0 Å². The Kier molecular flexibility index (Phi) is 3.22. The van der Waals surface area contributed by atoms with Gasteiger partial charge in [-0.3, -0.25) is 4.79 Å². The summed E-state index contributed by atoms with van der Waals surface area (Å²) >= 11 is 0. The molecule has 0 aromatic heterocycles. The van der Waals surface area contributed by atoms with E-state index in [1.807, 2.05) is 0 Å². The molecule has 1 saturated heterocycles. The molecule has 80 valence electrons. The van der Waals surface area contributed by atoms with E-state index in [-0.39, 0.29) is 0 Å². The molecule has 0 radical (unpaired) electrons. The van der Waals surface area contributed by atoms with E-state index in [0.29, 0.717) is 5.78 Å². The molecule has 0 aromatic rings. The van der Waals surface area contributed by atoms with Crippen LogP contribution in [0.2, 0.25) is 0 Å². The van der Waals surface area contributed by atoms with E-state index in [1.54, 1.807) is 0 Å². The smallest absolute Gasteiger partial charge is 0.133 e. The van der Waals surface area contributed by atoms with Gasteiger partial charge in [0.05, 0.1) is 0 Å². The van der Waals surface area contributed by atoms with E-state index in [1.165, 1.54) is 25.9 Å². The zero-order valence-electron chi connectivity index (χ0n) is 9.17. The highest BCUT2D eigenvalue weighted by Gasteiger charge is 2.29. The highest BCUT2D eigenvalue weighted by molar-refractivity contribution is 5.79. The largest absolute Gasteiger partial charge is 0.300 e. The van der Waals surface area contributed by atoms with Crippen LogP contribution in [0.15, 0.2) is 0 Å². The second kappa shape index (κ2) is 4.43. The van der Waals surface area contributed by atoms with Gasteiger partial charge in [0.25, 0.3) is 0 Å². The minimum Gasteiger partial charge on any atom is -0.300 e. The molecule has 2 nitrogen and oxygen atoms in total. The zero-order valence-corrected chi connectivity index (χ0v) is 9.17. The fourth-order valence-electron chi connectivity index (χ4n) is 2.82. The molecule has 1 saturated carbocycles. The van der Waals surface area contributed by atoms with E-state index < -0.39 is 0 Å². The predicted molar refractivity (Wildman–Crippen MR) is 57.2 cm³/mol. The Morgan fingerprint density at radius 2 is 2.00 bits per heavy atom. The van der Waals surface area contributed by atoms with Crippen molar-refractivity contribution < 1.29 is 4.79 Å². The third-order valence-corrected chi connectivity index (χ3v) is 3.92. The van der Waals surface area contributed by atoms with Gasteiger partial charge in [0.1, 0.15) is 5.78 Å². The van der Waals surface area contributed by atoms with Gasteiger partial charge < -0.3 is 4.90 Å². The normalized spacial score (nSPS) is 31.2. The SMILES string of the molecule is CCC1CCN(C2CCC(=O)CC2)C1. The summed E-state index contributed by atoms with van der Waals surface area (Å²) in [6.07, 6.45) is 6.60. The molecule has 1 unspecified atom stereocenters. The van der Waals surface area contributed by atoms with Crippen LogP contribution in [-0.4, -0.2) is 29.8 Å². The minimum absolute atomic E-state index is 0.479. The predicted octanol–water partition coefficient (Wildman–Crippen LogP) is 2.23. The number of nitrogens with zero attached hydrogens (tertiary/aromatic N) is 1. The van der Waals surface area contributed by atoms with Gasteiger partial charge in [0, 0.05) is 25.4 Å². The molecular weight excluding hydrogens is 174 g/mol. The van der Waals surface area contributed by atoms with Crippen molar-refractivity contribution in [3.63, 3.8) is 0 Å². The van der Waals surface area contributed by atoms with Crippen LogP contribution < -0.4 is 0 Å². The van der Waals surface area contributed by atoms with Crippen LogP contribution in [0, 0.1) is 5.92 Å². The number of carbonyl (C=O) groups excluding carboxylic acids is 1. The molecule has 0 N–H and O–H groups in total. The van der Waals surface area contributed by atoms with Gasteiger partial charge in [0.15, 0.2) is 0 Å². The Hall–Kier alpha value is -0.370. The molecule has 2 fully saturated rings. The van der Waals surface area contributed by atoms with Gasteiger partial charge in [0.2, 0.25) is 0 Å². The molecule has 1 aliphatic heterocycles. The van der Waals surface area contributed by atoms with Crippen molar-refractivity contribution in [2.24, 2.45) is 5.92 Å². The number of ketones is 1. The monoisotopic (exact) mass is 195 g/mol. The first-order valence-corrected chi connectivity index (χ1v) is 6.05. The van der Waals surface area contributed by atoms with Crippen molar-refractivity contribution in [1.82, 2.24) is 4.90 Å². The molecule has 1 heterocycles. The fraction of sp³-hybridized carbons (Fsp3) is 0.917. The second-order valence-corrected chi connectivity index (χ2v) is 4.83. The first kappa shape index (κ1) is 10.2. The van der Waals surface area contributed by atoms with Crippen LogP contribution in [0.25, 0.3) is 0 Å². The quantitative estimate of drug-likeness (QED) is 0.673. The number of rotatable bonds is 2. The number of Topliss-reactive ketones (excluding diaryl/α,β-unsaturated/α-hetero) is 1. The Labute approximate surface area is 86.7 Å². The Morgan fingerprint density at radius 1 is 1.29 bits per heavy atom. The Morgan fingerprint density at radius 3 is 2.57 bits per heavy atom. The summed E-state index contributed by atoms with van der Waals surface area (Å²) in [5, 5.41) is 0. The lowest BCUT2D eigenvalue weighted by atomic mass is 9.93. The van der Waals surface area contributed by atoms with Gasteiger partial charge >= 0.3 is 0 Å². The average molecular weight is 195 g/mol. The van der Waals surface area contributed by atoms with Crippen LogP contribution >= 0.6 is 0 Å². The number of carbonyl (C=O) groups is 1. The van der Waals surface area contributed by atoms with Gasteiger partial charge in [-0.05, 0) is 31.7 Å². The maximum atomic E-state index is 11.1. The lowest BCUT2D eigenvalue weighted by Gasteiger charge is -2.30. The van der Waals surface area contributed by atoms with E-state index in [9.17, 15) is 4.79 Å². The number of likely N-dealkylation sites (tertiary alicyclic amines) is 1. The van der Waals surface area contributed by atoms with Crippen molar-refractivity contribution >= 4 is 5.78 Å². The zero-order chi connectivity index (χ0) is 9.97. The molecule has 0 aromatic carbocycles. The topological polar surface area (TPSA) is 20.3 Å². The van der Waals surface area contributed by atoms with Crippen molar-refractivity contribution in [2.45, 2.75) is 51.5 Å². The summed E-state index contributed by atoms with van der Waals surface area (Å²) in [5.41, 5.74) is 0. The molecule has 14 heavy (non-hydrogen) atoms. The maximum Gasteiger partial charge on any atom is 0.133 e. The average Bonchev–Trinajstić information content (AvgIpc) is 2.67. The molecular formula is C12H21NO. The first-order valence-electron chi connectivity index (χ1n) is 6.05. The van der Waals surface area contributed by atoms with E-state index in [2.05, 4.69) is 11.8 Å². The van der Waals surface area contributed by atoms with Gasteiger partial charge in [-0.25, -0.2) is 0 Å². The second-order valence-electron chi connectivity index (χ2n) is 4.83. The standard InChI is InChI=1S/C12H21NO/c1-2-10-7-8-13(9-10)11-3-5-12(14)6-4-11/h10-11H,2-9H2,1H3.